The van der Waals surface area contributed by atoms with Crippen LogP contribution in [0.1, 0.15) is 20.3 Å². The van der Waals surface area contributed by atoms with E-state index in [2.05, 4.69) is 0 Å². The van der Waals surface area contributed by atoms with Crippen LogP contribution in [0.4, 0.5) is 0 Å². The van der Waals surface area contributed by atoms with Crippen molar-refractivity contribution < 1.29 is 73.4 Å². The number of aliphatic hydroxyl groups excluding tert-OH is 6. The maximum Gasteiger partial charge on any atom is 0.264 e. The average Bonchev–Trinajstić information content (AvgIpc) is 3.49. The van der Waals surface area contributed by atoms with Crippen LogP contribution in [0.2, 0.25) is 0 Å². The van der Waals surface area contributed by atoms with Crippen molar-refractivity contribution in [2.24, 2.45) is 5.73 Å². The van der Waals surface area contributed by atoms with Crippen LogP contribution in [0.5, 0.6) is 0 Å². The van der Waals surface area contributed by atoms with Crippen molar-refractivity contribution in [1.82, 2.24) is 4.90 Å². The van der Waals surface area contributed by atoms with Gasteiger partial charge >= 0.3 is 0 Å². The zero-order chi connectivity index (χ0) is 38.3. The van der Waals surface area contributed by atoms with Crippen molar-refractivity contribution in [1.29, 1.82) is 0 Å². The summed E-state index contributed by atoms with van der Waals surface area (Å²) in [5.41, 5.74) is 4.70. The molecule has 13 atom stereocenters. The number of carbonyl (C=O) groups excluding carboxylic acids is 3. The van der Waals surface area contributed by atoms with E-state index >= 15 is 0 Å². The zero-order valence-electron chi connectivity index (χ0n) is 28.6. The number of halogens is 1. The maximum absolute atomic E-state index is 13.8. The predicted molar refractivity (Wildman–Crippen MR) is 180 cm³/mol. The van der Waals surface area contributed by atoms with E-state index in [1.165, 1.54) is 19.3 Å². The number of nitrogens with zero attached hydrogens (tertiary/aromatic N) is 1. The fourth-order valence-electron chi connectivity index (χ4n) is 5.97. The molecule has 0 saturated carbocycles. The third-order valence-corrected chi connectivity index (χ3v) is 8.82. The molecule has 4 aliphatic heterocycles. The van der Waals surface area contributed by atoms with Gasteiger partial charge in [0.1, 0.15) is 66.2 Å². The number of methoxy groups -OCH3 is 1. The summed E-state index contributed by atoms with van der Waals surface area (Å²) in [4.78, 5) is 40.1. The Morgan fingerprint density at radius 3 is 2.19 bits per heavy atom. The van der Waals surface area contributed by atoms with Crippen LogP contribution in [0.25, 0.3) is 0 Å². The van der Waals surface area contributed by atoms with Crippen LogP contribution in [-0.4, -0.2) is 153 Å². The minimum atomic E-state index is -1.84. The van der Waals surface area contributed by atoms with E-state index in [-0.39, 0.29) is 0 Å². The lowest BCUT2D eigenvalue weighted by molar-refractivity contribution is -0.338. The molecule has 8 N–H and O–H groups in total. The topological polar surface area (TPSA) is 257 Å². The molecular formula is C34H45ClN2O15. The van der Waals surface area contributed by atoms with E-state index in [9.17, 15) is 45.0 Å². The molecule has 4 saturated heterocycles. The molecule has 4 fully saturated rings. The summed E-state index contributed by atoms with van der Waals surface area (Å²) < 4.78 is 33.6. The Balaban J connectivity index is 1.52. The summed E-state index contributed by atoms with van der Waals surface area (Å²) in [5.74, 6) is -3.79. The summed E-state index contributed by atoms with van der Waals surface area (Å²) in [6.45, 7) is 2.38. The molecule has 0 bridgehead atoms. The van der Waals surface area contributed by atoms with Gasteiger partial charge in [-0.25, -0.2) is 0 Å². The number of hydrogen-bond acceptors (Lipinski definition) is 15. The Hall–Kier alpha value is -3.30. The number of rotatable bonds is 13. The smallest absolute Gasteiger partial charge is 0.264 e. The predicted octanol–water partition coefficient (Wildman–Crippen LogP) is -1.13. The average molecular weight is 757 g/mol. The first-order valence-electron chi connectivity index (χ1n) is 16.4. The van der Waals surface area contributed by atoms with Gasteiger partial charge in [-0.1, -0.05) is 54.1 Å². The summed E-state index contributed by atoms with van der Waals surface area (Å²) in [6, 6.07) is -1.61. The molecular weight excluding hydrogens is 712 g/mol. The Morgan fingerprint density at radius 2 is 1.56 bits per heavy atom. The van der Waals surface area contributed by atoms with E-state index in [0.717, 1.165) is 11.0 Å². The first-order valence-corrected chi connectivity index (χ1v) is 16.8. The number of hydrogen-bond donors (Lipinski definition) is 7. The molecule has 2 amide bonds. The molecule has 0 unspecified atom stereocenters. The zero-order valence-corrected chi connectivity index (χ0v) is 29.3. The van der Waals surface area contributed by atoms with Crippen molar-refractivity contribution in [3.8, 4) is 0 Å². The van der Waals surface area contributed by atoms with Gasteiger partial charge in [0.2, 0.25) is 5.91 Å². The van der Waals surface area contributed by atoms with E-state index in [1.54, 1.807) is 50.3 Å². The molecule has 0 aliphatic carbocycles. The maximum atomic E-state index is 13.8. The minimum Gasteiger partial charge on any atom is -0.507 e. The monoisotopic (exact) mass is 756 g/mol. The van der Waals surface area contributed by atoms with E-state index in [1.807, 2.05) is 0 Å². The van der Waals surface area contributed by atoms with Crippen LogP contribution < -0.4 is 5.73 Å². The summed E-state index contributed by atoms with van der Waals surface area (Å²) in [7, 11) is 1.34. The van der Waals surface area contributed by atoms with Crippen molar-refractivity contribution in [3.63, 3.8) is 0 Å². The highest BCUT2D eigenvalue weighted by atomic mass is 35.5. The number of primary amides is 1. The number of likely N-dealkylation sites (tertiary alicyclic amines) is 1. The van der Waals surface area contributed by atoms with Crippen LogP contribution in [0.3, 0.4) is 0 Å². The summed E-state index contributed by atoms with van der Waals surface area (Å²) >= 11 is 5.75. The largest absolute Gasteiger partial charge is 0.507 e. The third kappa shape index (κ3) is 9.62. The number of amides is 2. The fraction of sp³-hybridized carbons (Fsp3) is 0.559. The summed E-state index contributed by atoms with van der Waals surface area (Å²) in [6.07, 6.45) is -3.53. The fourth-order valence-corrected chi connectivity index (χ4v) is 6.05. The van der Waals surface area contributed by atoms with Gasteiger partial charge < -0.3 is 64.8 Å². The first kappa shape index (κ1) is 41.5. The Kier molecular flexibility index (Phi) is 14.9. The van der Waals surface area contributed by atoms with Gasteiger partial charge in [0.05, 0.1) is 25.7 Å². The van der Waals surface area contributed by atoms with Crippen LogP contribution in [0.15, 0.2) is 71.0 Å². The molecule has 4 heterocycles. The molecule has 288 valence electrons. The molecule has 17 nitrogen and oxygen atoms in total. The number of aliphatic hydroxyl groups is 6. The van der Waals surface area contributed by atoms with Gasteiger partial charge in [0.25, 0.3) is 5.91 Å². The van der Waals surface area contributed by atoms with Crippen LogP contribution >= 0.6 is 11.6 Å². The molecule has 52 heavy (non-hydrogen) atoms. The van der Waals surface area contributed by atoms with Crippen molar-refractivity contribution in [3.05, 3.63) is 71.0 Å². The quantitative estimate of drug-likeness (QED) is 0.0508. The number of allylic oxidation sites excluding steroid dienone is 10. The SMILES string of the molecule is CO[C@H]1[C@H](O[C@@H]2CO[C@@H](O[C@H]3[C@H](O)[C@@H](O)CO[C@@H]3N3C(=O)/C(=C(O)/C=C/C=C/C=C/C=C/C=C(/C)Cl)C(=O)[C@@H]3CC(N)=O)[C@@H](O)[C@@H]2O)O[C@H](C)[C@H]1O. The summed E-state index contributed by atoms with van der Waals surface area (Å²) in [5, 5.41) is 65.0. The standard InChI is InChI=1S/C34H45ClN2O15/c1-16(35)11-9-7-5-4-6-8-10-12-19(38)23-25(42)18(13-22(36)40)37(31(23)46)32-29(26(43)20(39)14-48-32)52-33-28(45)27(44)21(15-49-33)51-34-30(47-3)24(41)17(2)50-34/h4-12,17-18,20-21,24,26-30,32-34,38-39,41,43-45H,13-15H2,1-3H3,(H2,36,40)/b5-4+,8-6+,9-7+,12-10+,16-11-,23-19-/t17-,18+,20+,21-,24-,26-,27-,28+,29+,30-,32+,33+,34+/m1/s1. The van der Waals surface area contributed by atoms with Gasteiger partial charge in [0.15, 0.2) is 24.6 Å². The first-order chi connectivity index (χ1) is 24.7. The van der Waals surface area contributed by atoms with Crippen LogP contribution in [0, 0.1) is 0 Å². The molecule has 0 radical (unpaired) electrons. The molecule has 18 heteroatoms. The van der Waals surface area contributed by atoms with E-state index < -0.39 is 128 Å². The van der Waals surface area contributed by atoms with Crippen molar-refractivity contribution >= 4 is 29.2 Å². The highest BCUT2D eigenvalue weighted by molar-refractivity contribution is 6.29. The molecule has 0 aromatic heterocycles. The highest BCUT2D eigenvalue weighted by Crippen LogP contribution is 2.35. The van der Waals surface area contributed by atoms with Crippen molar-refractivity contribution in [2.45, 2.75) is 100 Å². The van der Waals surface area contributed by atoms with E-state index in [0.29, 0.717) is 5.03 Å². The molecule has 0 aromatic carbocycles. The third-order valence-electron chi connectivity index (χ3n) is 8.70. The molecule has 0 aromatic rings. The molecule has 4 rings (SSSR count). The lowest BCUT2D eigenvalue weighted by atomic mass is 10.0. The second kappa shape index (κ2) is 18.6. The van der Waals surface area contributed by atoms with Gasteiger partial charge in [-0.2, -0.15) is 0 Å². The second-order valence-electron chi connectivity index (χ2n) is 12.4. The number of ketones is 1. The number of ether oxygens (including phenoxy) is 6. The molecule has 0 spiro atoms. The normalized spacial score (nSPS) is 38.9. The van der Waals surface area contributed by atoms with Gasteiger partial charge in [-0.15, -0.1) is 0 Å². The van der Waals surface area contributed by atoms with E-state index in [4.69, 9.17) is 45.8 Å². The number of carbonyl (C=O) groups is 3. The van der Waals surface area contributed by atoms with Crippen molar-refractivity contribution in [2.75, 3.05) is 20.3 Å². The highest BCUT2D eigenvalue weighted by Gasteiger charge is 2.56. The Bertz CT molecular complexity index is 1480. The number of Topliss-reactive ketones (excluding diaryl/α,β-unsaturated/α-hetero) is 1. The number of nitrogens with two attached hydrogens (primary N) is 1. The van der Waals surface area contributed by atoms with Gasteiger partial charge in [-0.3, -0.25) is 19.3 Å². The minimum absolute atomic E-state index is 0.398. The second-order valence-corrected chi connectivity index (χ2v) is 13.0. The Labute approximate surface area is 304 Å². The van der Waals surface area contributed by atoms with Gasteiger partial charge in [0, 0.05) is 12.1 Å². The lowest BCUT2D eigenvalue weighted by Crippen LogP contribution is -2.65. The van der Waals surface area contributed by atoms with Crippen LogP contribution in [-0.2, 0) is 42.8 Å². The van der Waals surface area contributed by atoms with Gasteiger partial charge in [-0.05, 0) is 26.0 Å². The lowest BCUT2D eigenvalue weighted by Gasteiger charge is -2.46. The Morgan fingerprint density at radius 1 is 0.904 bits per heavy atom. The molecule has 4 aliphatic rings.